The first-order chi connectivity index (χ1) is 8.18. The summed E-state index contributed by atoms with van der Waals surface area (Å²) in [5.74, 6) is 0.186. The molecule has 2 rings (SSSR count). The van der Waals surface area contributed by atoms with Gasteiger partial charge in [0.15, 0.2) is 0 Å². The average Bonchev–Trinajstić information content (AvgIpc) is 2.71. The lowest BCUT2D eigenvalue weighted by atomic mass is 10.0. The third-order valence-corrected chi connectivity index (χ3v) is 3.71. The molecular formula is C13H17ClFNO. The average molecular weight is 258 g/mol. The molecule has 0 aliphatic carbocycles. The van der Waals surface area contributed by atoms with Crippen molar-refractivity contribution >= 4 is 11.6 Å². The fourth-order valence-corrected chi connectivity index (χ4v) is 2.31. The summed E-state index contributed by atoms with van der Waals surface area (Å²) < 4.78 is 18.7. The Morgan fingerprint density at radius 2 is 2.35 bits per heavy atom. The van der Waals surface area contributed by atoms with E-state index in [1.807, 2.05) is 6.07 Å². The molecule has 0 spiro atoms. The van der Waals surface area contributed by atoms with E-state index in [0.29, 0.717) is 18.6 Å². The number of hydrogen-bond donors (Lipinski definition) is 1. The summed E-state index contributed by atoms with van der Waals surface area (Å²) >= 11 is 5.88. The van der Waals surface area contributed by atoms with Gasteiger partial charge in [-0.25, -0.2) is 4.39 Å². The van der Waals surface area contributed by atoms with Crippen molar-refractivity contribution in [1.82, 2.24) is 5.32 Å². The van der Waals surface area contributed by atoms with Gasteiger partial charge in [-0.1, -0.05) is 23.7 Å². The summed E-state index contributed by atoms with van der Waals surface area (Å²) in [4.78, 5) is 0. The zero-order valence-electron chi connectivity index (χ0n) is 9.88. The normalized spacial score (nSPS) is 24.2. The zero-order valence-corrected chi connectivity index (χ0v) is 10.6. The highest BCUT2D eigenvalue weighted by atomic mass is 35.5. The molecule has 0 saturated carbocycles. The molecule has 0 aromatic heterocycles. The highest BCUT2D eigenvalue weighted by molar-refractivity contribution is 6.31. The summed E-state index contributed by atoms with van der Waals surface area (Å²) in [7, 11) is 0. The van der Waals surface area contributed by atoms with Gasteiger partial charge in [0.2, 0.25) is 0 Å². The van der Waals surface area contributed by atoms with E-state index in [0.717, 1.165) is 25.1 Å². The minimum Gasteiger partial charge on any atom is -0.378 e. The van der Waals surface area contributed by atoms with Crippen LogP contribution in [0.1, 0.15) is 18.9 Å². The Labute approximate surface area is 106 Å². The maximum Gasteiger partial charge on any atom is 0.142 e. The van der Waals surface area contributed by atoms with Gasteiger partial charge < -0.3 is 10.1 Å². The van der Waals surface area contributed by atoms with Gasteiger partial charge in [-0.15, -0.1) is 0 Å². The van der Waals surface area contributed by atoms with Crippen LogP contribution < -0.4 is 5.32 Å². The van der Waals surface area contributed by atoms with Crippen LogP contribution in [0.5, 0.6) is 0 Å². The molecule has 1 aliphatic rings. The Morgan fingerprint density at radius 1 is 1.53 bits per heavy atom. The molecule has 1 saturated heterocycles. The van der Waals surface area contributed by atoms with E-state index in [4.69, 9.17) is 16.3 Å². The molecule has 1 aliphatic heterocycles. The molecule has 1 aromatic rings. The number of halogens is 2. The Hall–Kier alpha value is -0.640. The second kappa shape index (κ2) is 5.80. The summed E-state index contributed by atoms with van der Waals surface area (Å²) in [5.41, 5.74) is 0.804. The molecule has 1 N–H and O–H groups in total. The number of benzene rings is 1. The molecule has 0 bridgehead atoms. The molecule has 1 aromatic carbocycles. The predicted octanol–water partition coefficient (Wildman–Crippen LogP) is 2.99. The highest BCUT2D eigenvalue weighted by Crippen LogP contribution is 2.21. The molecule has 17 heavy (non-hydrogen) atoms. The van der Waals surface area contributed by atoms with Gasteiger partial charge in [-0.3, -0.25) is 0 Å². The fourth-order valence-electron chi connectivity index (χ4n) is 2.12. The molecule has 2 atom stereocenters. The van der Waals surface area contributed by atoms with Gasteiger partial charge in [0.05, 0.1) is 11.1 Å². The monoisotopic (exact) mass is 257 g/mol. The smallest absolute Gasteiger partial charge is 0.142 e. The van der Waals surface area contributed by atoms with Crippen LogP contribution >= 0.6 is 11.6 Å². The van der Waals surface area contributed by atoms with Crippen LogP contribution in [0, 0.1) is 11.7 Å². The summed E-state index contributed by atoms with van der Waals surface area (Å²) in [5, 5.41) is 3.53. The van der Waals surface area contributed by atoms with E-state index in [2.05, 4.69) is 12.2 Å². The second-order valence-electron chi connectivity index (χ2n) is 4.47. The largest absolute Gasteiger partial charge is 0.378 e. The number of rotatable bonds is 4. The van der Waals surface area contributed by atoms with Crippen LogP contribution in [0.25, 0.3) is 0 Å². The summed E-state index contributed by atoms with van der Waals surface area (Å²) in [6, 6.07) is 4.89. The number of nitrogens with one attached hydrogen (secondary N) is 1. The van der Waals surface area contributed by atoms with Crippen molar-refractivity contribution in [2.75, 3.05) is 13.2 Å². The van der Waals surface area contributed by atoms with Gasteiger partial charge in [-0.05, 0) is 30.9 Å². The van der Waals surface area contributed by atoms with Crippen molar-refractivity contribution in [2.45, 2.75) is 26.0 Å². The van der Waals surface area contributed by atoms with Crippen molar-refractivity contribution in [1.29, 1.82) is 0 Å². The second-order valence-corrected chi connectivity index (χ2v) is 4.85. The third kappa shape index (κ3) is 3.18. The van der Waals surface area contributed by atoms with Gasteiger partial charge >= 0.3 is 0 Å². The molecule has 2 nitrogen and oxygen atoms in total. The van der Waals surface area contributed by atoms with E-state index < -0.39 is 0 Å². The lowest BCUT2D eigenvalue weighted by Crippen LogP contribution is -2.26. The minimum absolute atomic E-state index is 0.218. The van der Waals surface area contributed by atoms with Crippen molar-refractivity contribution in [3.8, 4) is 0 Å². The Balaban J connectivity index is 1.84. The summed E-state index contributed by atoms with van der Waals surface area (Å²) in [6.07, 6.45) is 1.40. The van der Waals surface area contributed by atoms with Gasteiger partial charge in [0.25, 0.3) is 0 Å². The molecule has 0 radical (unpaired) electrons. The van der Waals surface area contributed by atoms with Crippen LogP contribution in [-0.4, -0.2) is 19.3 Å². The Morgan fingerprint density at radius 3 is 3.06 bits per heavy atom. The molecule has 4 heteroatoms. The van der Waals surface area contributed by atoms with Crippen molar-refractivity contribution in [3.63, 3.8) is 0 Å². The maximum absolute atomic E-state index is 13.2. The van der Waals surface area contributed by atoms with Crippen LogP contribution in [0.15, 0.2) is 18.2 Å². The Kier molecular flexibility index (Phi) is 4.37. The molecule has 2 unspecified atom stereocenters. The zero-order chi connectivity index (χ0) is 12.3. The van der Waals surface area contributed by atoms with Crippen LogP contribution in [-0.2, 0) is 11.3 Å². The molecule has 0 amide bonds. The summed E-state index contributed by atoms with van der Waals surface area (Å²) in [6.45, 7) is 4.41. The Bertz CT molecular complexity index is 386. The van der Waals surface area contributed by atoms with Crippen LogP contribution in [0.4, 0.5) is 4.39 Å². The van der Waals surface area contributed by atoms with E-state index in [1.54, 1.807) is 6.07 Å². The third-order valence-electron chi connectivity index (χ3n) is 3.29. The predicted molar refractivity (Wildman–Crippen MR) is 66.6 cm³/mol. The molecule has 1 heterocycles. The fraction of sp³-hybridized carbons (Fsp3) is 0.538. The van der Waals surface area contributed by atoms with Crippen LogP contribution in [0.2, 0.25) is 5.02 Å². The van der Waals surface area contributed by atoms with Gasteiger partial charge in [-0.2, -0.15) is 0 Å². The first-order valence-corrected chi connectivity index (χ1v) is 6.31. The minimum atomic E-state index is -0.358. The van der Waals surface area contributed by atoms with E-state index >= 15 is 0 Å². The van der Waals surface area contributed by atoms with E-state index in [1.165, 1.54) is 6.07 Å². The van der Waals surface area contributed by atoms with Crippen molar-refractivity contribution in [2.24, 2.45) is 5.92 Å². The van der Waals surface area contributed by atoms with E-state index in [-0.39, 0.29) is 10.8 Å². The van der Waals surface area contributed by atoms with Gasteiger partial charge in [0.1, 0.15) is 5.82 Å². The number of hydrogen-bond acceptors (Lipinski definition) is 2. The quantitative estimate of drug-likeness (QED) is 0.895. The van der Waals surface area contributed by atoms with Gasteiger partial charge in [0, 0.05) is 19.7 Å². The van der Waals surface area contributed by atoms with Crippen LogP contribution in [0.3, 0.4) is 0 Å². The molecule has 1 fully saturated rings. The molecule has 94 valence electrons. The topological polar surface area (TPSA) is 21.3 Å². The SMILES string of the molecule is CC1OCCC1CNCc1cccc(F)c1Cl. The lowest BCUT2D eigenvalue weighted by Gasteiger charge is -2.15. The lowest BCUT2D eigenvalue weighted by molar-refractivity contribution is 0.105. The first-order valence-electron chi connectivity index (χ1n) is 5.93. The standard InChI is InChI=1S/C13H17ClFNO/c1-9-10(5-6-17-9)7-16-8-11-3-2-4-12(15)13(11)14/h2-4,9-10,16H,5-8H2,1H3. The highest BCUT2D eigenvalue weighted by Gasteiger charge is 2.23. The van der Waals surface area contributed by atoms with E-state index in [9.17, 15) is 4.39 Å². The number of ether oxygens (including phenoxy) is 1. The van der Waals surface area contributed by atoms with Crippen molar-refractivity contribution < 1.29 is 9.13 Å². The maximum atomic E-state index is 13.2. The molecular weight excluding hydrogens is 241 g/mol. The first kappa shape index (κ1) is 12.8. The van der Waals surface area contributed by atoms with Crippen molar-refractivity contribution in [3.05, 3.63) is 34.6 Å².